The summed E-state index contributed by atoms with van der Waals surface area (Å²) in [5, 5.41) is 11.8. The minimum absolute atomic E-state index is 0.0978. The maximum atomic E-state index is 12.9. The van der Waals surface area contributed by atoms with Gasteiger partial charge in [-0.2, -0.15) is 4.31 Å². The van der Waals surface area contributed by atoms with E-state index >= 15 is 0 Å². The number of nitrogens with zero attached hydrogens (tertiary/aromatic N) is 1. The van der Waals surface area contributed by atoms with Gasteiger partial charge in [-0.15, -0.1) is 0 Å². The Morgan fingerprint density at radius 1 is 1.23 bits per heavy atom. The van der Waals surface area contributed by atoms with Crippen molar-refractivity contribution in [3.63, 3.8) is 0 Å². The van der Waals surface area contributed by atoms with Crippen LogP contribution in [0.15, 0.2) is 23.1 Å². The average Bonchev–Trinajstić information content (AvgIpc) is 2.62. The molecule has 26 heavy (non-hydrogen) atoms. The predicted octanol–water partition coefficient (Wildman–Crippen LogP) is 2.15. The molecule has 1 unspecified atom stereocenters. The van der Waals surface area contributed by atoms with E-state index in [2.05, 4.69) is 5.32 Å². The molecule has 1 aromatic rings. The van der Waals surface area contributed by atoms with Crippen LogP contribution >= 0.6 is 0 Å². The minimum atomic E-state index is -3.68. The number of carboxylic acids is 1. The molecule has 1 aliphatic rings. The van der Waals surface area contributed by atoms with Crippen LogP contribution in [0.25, 0.3) is 0 Å². The number of piperidine rings is 1. The highest BCUT2D eigenvalue weighted by molar-refractivity contribution is 7.89. The number of carboxylic acid groups (broad SMARTS) is 1. The molecule has 0 bridgehead atoms. The van der Waals surface area contributed by atoms with Gasteiger partial charge in [0.25, 0.3) is 5.91 Å². The molecule has 1 saturated heterocycles. The van der Waals surface area contributed by atoms with Crippen LogP contribution in [-0.4, -0.2) is 48.3 Å². The number of carbonyl (C=O) groups excluding carboxylic acids is 1. The molecule has 2 rings (SSSR count). The number of nitrogens with one attached hydrogen (secondary N) is 1. The van der Waals surface area contributed by atoms with E-state index in [1.54, 1.807) is 19.9 Å². The third-order valence-corrected chi connectivity index (χ3v) is 6.99. The number of hydrogen-bond donors (Lipinski definition) is 2. The van der Waals surface area contributed by atoms with E-state index in [4.69, 9.17) is 0 Å². The number of benzene rings is 1. The van der Waals surface area contributed by atoms with Gasteiger partial charge in [-0.3, -0.25) is 4.79 Å². The Balaban J connectivity index is 2.35. The number of carbonyl (C=O) groups is 2. The fraction of sp³-hybridized carbons (Fsp3) is 0.556. The summed E-state index contributed by atoms with van der Waals surface area (Å²) in [6, 6.07) is 4.43. The molecular formula is C18H26N2O5S. The Kier molecular flexibility index (Phi) is 6.08. The zero-order valence-corrected chi connectivity index (χ0v) is 16.2. The Morgan fingerprint density at radius 3 is 2.38 bits per heavy atom. The average molecular weight is 382 g/mol. The van der Waals surface area contributed by atoms with Gasteiger partial charge in [-0.1, -0.05) is 19.4 Å². The van der Waals surface area contributed by atoms with Crippen molar-refractivity contribution >= 4 is 21.9 Å². The lowest BCUT2D eigenvalue weighted by molar-refractivity contribution is -0.143. The standard InChI is InChI=1S/C18H26N2O5S/c1-4-18(3,17(22)23)19-16(21)14-9-8-13(2)15(12-14)26(24,25)20-10-6-5-7-11-20/h8-9,12H,4-7,10-11H2,1-3H3,(H,19,21)(H,22,23). The second kappa shape index (κ2) is 7.75. The Hall–Kier alpha value is -1.93. The third-order valence-electron chi connectivity index (χ3n) is 4.95. The first-order chi connectivity index (χ1) is 12.1. The molecule has 7 nitrogen and oxygen atoms in total. The van der Waals surface area contributed by atoms with Crippen LogP contribution in [-0.2, 0) is 14.8 Å². The fourth-order valence-corrected chi connectivity index (χ4v) is 4.65. The molecule has 1 aliphatic heterocycles. The van der Waals surface area contributed by atoms with Gasteiger partial charge in [0.2, 0.25) is 10.0 Å². The summed E-state index contributed by atoms with van der Waals surface area (Å²) >= 11 is 0. The number of sulfonamides is 1. The van der Waals surface area contributed by atoms with Crippen LogP contribution < -0.4 is 5.32 Å². The molecule has 1 amide bonds. The highest BCUT2D eigenvalue weighted by Gasteiger charge is 2.34. The fourth-order valence-electron chi connectivity index (χ4n) is 2.88. The molecule has 2 N–H and O–H groups in total. The van der Waals surface area contributed by atoms with Gasteiger partial charge >= 0.3 is 5.97 Å². The van der Waals surface area contributed by atoms with Gasteiger partial charge in [-0.25, -0.2) is 13.2 Å². The van der Waals surface area contributed by atoms with Gasteiger partial charge < -0.3 is 10.4 Å². The molecule has 1 atom stereocenters. The second-order valence-electron chi connectivity index (χ2n) is 6.89. The number of aliphatic carboxylic acids is 1. The lowest BCUT2D eigenvalue weighted by Crippen LogP contribution is -2.51. The Bertz CT molecular complexity index is 800. The summed E-state index contributed by atoms with van der Waals surface area (Å²) in [5.74, 6) is -1.74. The summed E-state index contributed by atoms with van der Waals surface area (Å²) in [6.07, 6.45) is 2.87. The lowest BCUT2D eigenvalue weighted by Gasteiger charge is -2.27. The van der Waals surface area contributed by atoms with Crippen molar-refractivity contribution in [1.29, 1.82) is 0 Å². The summed E-state index contributed by atoms with van der Waals surface area (Å²) in [6.45, 7) is 5.73. The summed E-state index contributed by atoms with van der Waals surface area (Å²) in [7, 11) is -3.68. The van der Waals surface area contributed by atoms with Gasteiger partial charge in [0, 0.05) is 18.7 Å². The SMILES string of the molecule is CCC(C)(NC(=O)c1ccc(C)c(S(=O)(=O)N2CCCCC2)c1)C(=O)O. The Morgan fingerprint density at radius 2 is 1.85 bits per heavy atom. The van der Waals surface area contributed by atoms with Gasteiger partial charge in [0.1, 0.15) is 5.54 Å². The molecule has 0 aromatic heterocycles. The number of rotatable bonds is 6. The minimum Gasteiger partial charge on any atom is -0.480 e. The topological polar surface area (TPSA) is 104 Å². The van der Waals surface area contributed by atoms with Crippen LogP contribution in [0.3, 0.4) is 0 Å². The molecular weight excluding hydrogens is 356 g/mol. The molecule has 0 spiro atoms. The highest BCUT2D eigenvalue weighted by Crippen LogP contribution is 2.24. The molecule has 8 heteroatoms. The molecule has 0 saturated carbocycles. The molecule has 144 valence electrons. The van der Waals surface area contributed by atoms with Crippen molar-refractivity contribution in [3.05, 3.63) is 29.3 Å². The van der Waals surface area contributed by atoms with Crippen LogP contribution in [0.5, 0.6) is 0 Å². The van der Waals surface area contributed by atoms with Crippen LogP contribution in [0.1, 0.15) is 55.5 Å². The first kappa shape index (κ1) is 20.4. The second-order valence-corrected chi connectivity index (χ2v) is 8.80. The van der Waals surface area contributed by atoms with E-state index in [0.29, 0.717) is 18.7 Å². The monoisotopic (exact) mass is 382 g/mol. The van der Waals surface area contributed by atoms with E-state index < -0.39 is 27.4 Å². The number of hydrogen-bond acceptors (Lipinski definition) is 4. The van der Waals surface area contributed by atoms with E-state index in [-0.39, 0.29) is 16.9 Å². The van der Waals surface area contributed by atoms with Crippen LogP contribution in [0.4, 0.5) is 0 Å². The zero-order chi connectivity index (χ0) is 19.5. The van der Waals surface area contributed by atoms with Crippen LogP contribution in [0.2, 0.25) is 0 Å². The largest absolute Gasteiger partial charge is 0.480 e. The summed E-state index contributed by atoms with van der Waals surface area (Å²) in [5.41, 5.74) is -0.718. The van der Waals surface area contributed by atoms with Crippen molar-refractivity contribution in [2.75, 3.05) is 13.1 Å². The molecule has 0 radical (unpaired) electrons. The first-order valence-corrected chi connectivity index (χ1v) is 10.2. The smallest absolute Gasteiger partial charge is 0.329 e. The van der Waals surface area contributed by atoms with Crippen molar-refractivity contribution in [2.45, 2.75) is 56.9 Å². The van der Waals surface area contributed by atoms with Crippen molar-refractivity contribution in [2.24, 2.45) is 0 Å². The number of amides is 1. The molecule has 1 heterocycles. The van der Waals surface area contributed by atoms with Crippen molar-refractivity contribution in [3.8, 4) is 0 Å². The van der Waals surface area contributed by atoms with Gasteiger partial charge in [0.15, 0.2) is 0 Å². The predicted molar refractivity (Wildman–Crippen MR) is 97.6 cm³/mol. The van der Waals surface area contributed by atoms with E-state index in [9.17, 15) is 23.1 Å². The van der Waals surface area contributed by atoms with E-state index in [1.807, 2.05) is 0 Å². The Labute approximate surface area is 154 Å². The van der Waals surface area contributed by atoms with E-state index in [1.165, 1.54) is 23.4 Å². The number of aryl methyl sites for hydroxylation is 1. The highest BCUT2D eigenvalue weighted by atomic mass is 32.2. The van der Waals surface area contributed by atoms with Crippen molar-refractivity contribution in [1.82, 2.24) is 9.62 Å². The normalized spacial score (nSPS) is 18.1. The van der Waals surface area contributed by atoms with Crippen molar-refractivity contribution < 1.29 is 23.1 Å². The summed E-state index contributed by atoms with van der Waals surface area (Å²) in [4.78, 5) is 24.0. The quantitative estimate of drug-likeness (QED) is 0.785. The van der Waals surface area contributed by atoms with Gasteiger partial charge in [0.05, 0.1) is 4.90 Å². The third kappa shape index (κ3) is 4.07. The first-order valence-electron chi connectivity index (χ1n) is 8.78. The van der Waals surface area contributed by atoms with E-state index in [0.717, 1.165) is 19.3 Å². The van der Waals surface area contributed by atoms with Crippen LogP contribution in [0, 0.1) is 6.92 Å². The summed E-state index contributed by atoms with van der Waals surface area (Å²) < 4.78 is 27.3. The zero-order valence-electron chi connectivity index (χ0n) is 15.4. The molecule has 1 aromatic carbocycles. The maximum absolute atomic E-state index is 12.9. The lowest BCUT2D eigenvalue weighted by atomic mass is 9.98. The van der Waals surface area contributed by atoms with Gasteiger partial charge in [-0.05, 0) is 50.8 Å². The molecule has 0 aliphatic carbocycles. The maximum Gasteiger partial charge on any atom is 0.329 e. The molecule has 1 fully saturated rings.